The van der Waals surface area contributed by atoms with Gasteiger partial charge in [-0.05, 0) is 31.0 Å². The first-order valence-electron chi connectivity index (χ1n) is 7.24. The number of fused-ring (bicyclic) bond motifs is 1. The summed E-state index contributed by atoms with van der Waals surface area (Å²) < 4.78 is 1.63. The quantitative estimate of drug-likeness (QED) is 0.741. The molecule has 0 aliphatic carbocycles. The minimum Gasteiger partial charge on any atom is -0.320 e. The third kappa shape index (κ3) is 2.92. The molecule has 1 aromatic carbocycles. The molecule has 6 heteroatoms. The predicted molar refractivity (Wildman–Crippen MR) is 93.7 cm³/mol. The van der Waals surface area contributed by atoms with Gasteiger partial charge in [-0.2, -0.15) is 0 Å². The number of carbonyl (C=O) groups is 1. The van der Waals surface area contributed by atoms with Crippen LogP contribution in [0.4, 0.5) is 5.69 Å². The molecule has 0 saturated carbocycles. The fourth-order valence-corrected chi connectivity index (χ4v) is 3.11. The summed E-state index contributed by atoms with van der Waals surface area (Å²) in [6, 6.07) is 9.33. The lowest BCUT2D eigenvalue weighted by atomic mass is 10.1. The molecule has 0 fully saturated rings. The summed E-state index contributed by atoms with van der Waals surface area (Å²) in [5.41, 5.74) is 3.41. The van der Waals surface area contributed by atoms with Gasteiger partial charge in [-0.1, -0.05) is 48.3 Å². The Balaban J connectivity index is 2.06. The summed E-state index contributed by atoms with van der Waals surface area (Å²) in [7, 11) is 0. The highest BCUT2D eigenvalue weighted by Gasteiger charge is 2.19. The normalized spacial score (nSPS) is 11.0. The number of aryl methyl sites for hydroxylation is 2. The fourth-order valence-electron chi connectivity index (χ4n) is 2.59. The number of imidazole rings is 1. The number of aromatic nitrogens is 2. The summed E-state index contributed by atoms with van der Waals surface area (Å²) in [5.74, 6) is -0.241. The van der Waals surface area contributed by atoms with E-state index in [1.54, 1.807) is 23.6 Å². The van der Waals surface area contributed by atoms with Crippen LogP contribution in [0, 0.1) is 6.92 Å². The zero-order valence-corrected chi connectivity index (χ0v) is 14.2. The number of anilines is 1. The largest absolute Gasteiger partial charge is 0.320 e. The van der Waals surface area contributed by atoms with Crippen LogP contribution >= 0.6 is 23.2 Å². The maximum absolute atomic E-state index is 12.7. The van der Waals surface area contributed by atoms with Crippen LogP contribution in [-0.4, -0.2) is 15.3 Å². The summed E-state index contributed by atoms with van der Waals surface area (Å²) in [6.07, 6.45) is 2.48. The Morgan fingerprint density at radius 2 is 2.04 bits per heavy atom. The SMILES string of the molecule is CCc1ccccc1NC(=O)c1c(C)nc2c(Cl)cc(Cl)cn12. The molecule has 23 heavy (non-hydrogen) atoms. The van der Waals surface area contributed by atoms with Crippen molar-refractivity contribution in [2.45, 2.75) is 20.3 Å². The zero-order valence-electron chi connectivity index (χ0n) is 12.7. The van der Waals surface area contributed by atoms with Gasteiger partial charge in [0.05, 0.1) is 15.7 Å². The second-order valence-electron chi connectivity index (χ2n) is 5.21. The number of para-hydroxylation sites is 1. The Kier molecular flexibility index (Phi) is 4.28. The number of nitrogens with zero attached hydrogens (tertiary/aromatic N) is 2. The third-order valence-electron chi connectivity index (χ3n) is 3.68. The van der Waals surface area contributed by atoms with Crippen molar-refractivity contribution in [3.8, 4) is 0 Å². The van der Waals surface area contributed by atoms with Crippen molar-refractivity contribution in [2.75, 3.05) is 5.32 Å². The Morgan fingerprint density at radius 3 is 2.78 bits per heavy atom. The molecule has 3 rings (SSSR count). The minimum absolute atomic E-state index is 0.241. The van der Waals surface area contributed by atoms with Crippen LogP contribution in [0.3, 0.4) is 0 Å². The first-order valence-corrected chi connectivity index (χ1v) is 7.99. The molecule has 0 spiro atoms. The van der Waals surface area contributed by atoms with Crippen molar-refractivity contribution >= 4 is 40.4 Å². The summed E-state index contributed by atoms with van der Waals surface area (Å²) in [5, 5.41) is 3.81. The van der Waals surface area contributed by atoms with E-state index in [1.165, 1.54) is 0 Å². The maximum atomic E-state index is 12.7. The minimum atomic E-state index is -0.241. The second-order valence-corrected chi connectivity index (χ2v) is 6.05. The topological polar surface area (TPSA) is 46.4 Å². The van der Waals surface area contributed by atoms with E-state index < -0.39 is 0 Å². The van der Waals surface area contributed by atoms with E-state index in [-0.39, 0.29) is 5.91 Å². The van der Waals surface area contributed by atoms with Gasteiger partial charge < -0.3 is 5.32 Å². The molecule has 118 valence electrons. The Morgan fingerprint density at radius 1 is 1.30 bits per heavy atom. The average molecular weight is 348 g/mol. The van der Waals surface area contributed by atoms with Crippen LogP contribution in [-0.2, 0) is 6.42 Å². The molecule has 0 aliphatic heterocycles. The average Bonchev–Trinajstić information content (AvgIpc) is 2.84. The highest BCUT2D eigenvalue weighted by atomic mass is 35.5. The molecule has 4 nitrogen and oxygen atoms in total. The third-order valence-corrected chi connectivity index (χ3v) is 4.16. The van der Waals surface area contributed by atoms with E-state index >= 15 is 0 Å². The standard InChI is InChI=1S/C17H15Cl2N3O/c1-3-11-6-4-5-7-14(11)21-17(23)15-10(2)20-16-13(19)8-12(18)9-22(15)16/h4-9H,3H2,1-2H3,(H,21,23). The molecule has 1 amide bonds. The Hall–Kier alpha value is -2.04. The van der Waals surface area contributed by atoms with Gasteiger partial charge in [-0.15, -0.1) is 0 Å². The fraction of sp³-hybridized carbons (Fsp3) is 0.176. The second kappa shape index (κ2) is 6.22. The Bertz CT molecular complexity index is 902. The van der Waals surface area contributed by atoms with Crippen molar-refractivity contribution in [1.82, 2.24) is 9.38 Å². The zero-order chi connectivity index (χ0) is 16.6. The number of pyridine rings is 1. The van der Waals surface area contributed by atoms with Crippen molar-refractivity contribution in [3.05, 3.63) is 63.5 Å². The van der Waals surface area contributed by atoms with Crippen molar-refractivity contribution in [2.24, 2.45) is 0 Å². The van der Waals surface area contributed by atoms with Crippen LogP contribution < -0.4 is 5.32 Å². The van der Waals surface area contributed by atoms with Gasteiger partial charge in [0.2, 0.25) is 0 Å². The summed E-state index contributed by atoms with van der Waals surface area (Å²) >= 11 is 12.2. The number of amides is 1. The number of benzene rings is 1. The highest BCUT2D eigenvalue weighted by molar-refractivity contribution is 6.36. The molecular weight excluding hydrogens is 333 g/mol. The number of hydrogen-bond acceptors (Lipinski definition) is 2. The van der Waals surface area contributed by atoms with Gasteiger partial charge in [0, 0.05) is 11.9 Å². The number of carbonyl (C=O) groups excluding carboxylic acids is 1. The number of rotatable bonds is 3. The van der Waals surface area contributed by atoms with Crippen molar-refractivity contribution in [3.63, 3.8) is 0 Å². The smallest absolute Gasteiger partial charge is 0.274 e. The van der Waals surface area contributed by atoms with E-state index in [1.807, 2.05) is 31.2 Å². The molecule has 0 aliphatic rings. The lowest BCUT2D eigenvalue weighted by molar-refractivity contribution is 0.102. The van der Waals surface area contributed by atoms with E-state index in [9.17, 15) is 4.79 Å². The molecule has 0 atom stereocenters. The van der Waals surface area contributed by atoms with Gasteiger partial charge in [-0.3, -0.25) is 9.20 Å². The Labute approximate surface area is 144 Å². The maximum Gasteiger partial charge on any atom is 0.274 e. The molecule has 0 unspecified atom stereocenters. The van der Waals surface area contributed by atoms with E-state index in [0.717, 1.165) is 17.7 Å². The predicted octanol–water partition coefficient (Wildman–Crippen LogP) is 4.76. The van der Waals surface area contributed by atoms with Crippen LogP contribution in [0.25, 0.3) is 5.65 Å². The van der Waals surface area contributed by atoms with Crippen molar-refractivity contribution < 1.29 is 4.79 Å². The van der Waals surface area contributed by atoms with Crippen molar-refractivity contribution in [1.29, 1.82) is 0 Å². The first-order chi connectivity index (χ1) is 11.0. The lowest BCUT2D eigenvalue weighted by Gasteiger charge is -2.10. The molecular formula is C17H15Cl2N3O. The monoisotopic (exact) mass is 347 g/mol. The first kappa shape index (κ1) is 15.8. The lowest BCUT2D eigenvalue weighted by Crippen LogP contribution is -2.16. The van der Waals surface area contributed by atoms with Gasteiger partial charge in [-0.25, -0.2) is 4.98 Å². The molecule has 1 N–H and O–H groups in total. The molecule has 0 radical (unpaired) electrons. The van der Waals surface area contributed by atoms with E-state index in [2.05, 4.69) is 10.3 Å². The van der Waals surface area contributed by atoms with Gasteiger partial charge >= 0.3 is 0 Å². The molecule has 0 bridgehead atoms. The molecule has 2 heterocycles. The highest BCUT2D eigenvalue weighted by Crippen LogP contribution is 2.25. The number of halogens is 2. The van der Waals surface area contributed by atoms with Gasteiger partial charge in [0.25, 0.3) is 5.91 Å². The van der Waals surface area contributed by atoms with Crippen LogP contribution in [0.15, 0.2) is 36.5 Å². The number of nitrogens with one attached hydrogen (secondary N) is 1. The van der Waals surface area contributed by atoms with E-state index in [0.29, 0.717) is 27.1 Å². The molecule has 0 saturated heterocycles. The van der Waals surface area contributed by atoms with Gasteiger partial charge in [0.15, 0.2) is 5.65 Å². The van der Waals surface area contributed by atoms with E-state index in [4.69, 9.17) is 23.2 Å². The van der Waals surface area contributed by atoms with Gasteiger partial charge in [0.1, 0.15) is 5.69 Å². The van der Waals surface area contributed by atoms with Crippen LogP contribution in [0.1, 0.15) is 28.7 Å². The van der Waals surface area contributed by atoms with Crippen LogP contribution in [0.5, 0.6) is 0 Å². The van der Waals surface area contributed by atoms with Crippen LogP contribution in [0.2, 0.25) is 10.0 Å². The molecule has 3 aromatic rings. The molecule has 2 aromatic heterocycles. The summed E-state index contributed by atoms with van der Waals surface area (Å²) in [4.78, 5) is 17.1. The summed E-state index contributed by atoms with van der Waals surface area (Å²) in [6.45, 7) is 3.82. The number of hydrogen-bond donors (Lipinski definition) is 1.